The predicted octanol–water partition coefficient (Wildman–Crippen LogP) is 2.57. The molecule has 0 aromatic heterocycles. The molecule has 1 aliphatic heterocycles. The van der Waals surface area contributed by atoms with E-state index in [0.717, 1.165) is 19.6 Å². The molecule has 1 aromatic rings. The summed E-state index contributed by atoms with van der Waals surface area (Å²) in [6.45, 7) is 10.2. The second kappa shape index (κ2) is 5.65. The minimum atomic E-state index is 0.601. The SMILES string of the molecule is Cc1ccccc1CN1CC(C)NCCC1C. The molecule has 94 valence electrons. The third-order valence-electron chi connectivity index (χ3n) is 3.82. The molecule has 0 bridgehead atoms. The minimum absolute atomic E-state index is 0.601. The van der Waals surface area contributed by atoms with E-state index in [4.69, 9.17) is 0 Å². The Morgan fingerprint density at radius 2 is 2.06 bits per heavy atom. The molecule has 0 spiro atoms. The Hall–Kier alpha value is -0.860. The molecule has 1 fully saturated rings. The highest BCUT2D eigenvalue weighted by atomic mass is 15.2. The summed E-state index contributed by atoms with van der Waals surface area (Å²) in [4.78, 5) is 2.60. The van der Waals surface area contributed by atoms with Gasteiger partial charge < -0.3 is 5.32 Å². The zero-order valence-corrected chi connectivity index (χ0v) is 11.2. The fourth-order valence-corrected chi connectivity index (χ4v) is 2.54. The van der Waals surface area contributed by atoms with E-state index in [0.29, 0.717) is 12.1 Å². The van der Waals surface area contributed by atoms with Crippen LogP contribution in [0.15, 0.2) is 24.3 Å². The van der Waals surface area contributed by atoms with Gasteiger partial charge in [-0.25, -0.2) is 0 Å². The number of hydrogen-bond donors (Lipinski definition) is 1. The first-order valence-corrected chi connectivity index (χ1v) is 6.68. The molecule has 0 amide bonds. The molecule has 2 rings (SSSR count). The van der Waals surface area contributed by atoms with Crippen LogP contribution in [0, 0.1) is 6.92 Å². The molecule has 2 atom stereocenters. The van der Waals surface area contributed by atoms with Crippen LogP contribution in [-0.2, 0) is 6.54 Å². The Kier molecular flexibility index (Phi) is 4.19. The molecule has 2 nitrogen and oxygen atoms in total. The Bertz CT molecular complexity index is 362. The first-order valence-electron chi connectivity index (χ1n) is 6.68. The molecule has 0 saturated carbocycles. The van der Waals surface area contributed by atoms with Gasteiger partial charge in [0.25, 0.3) is 0 Å². The van der Waals surface area contributed by atoms with Crippen LogP contribution < -0.4 is 5.32 Å². The molecule has 0 aliphatic carbocycles. The van der Waals surface area contributed by atoms with E-state index in [2.05, 4.69) is 55.3 Å². The molecular formula is C15H24N2. The van der Waals surface area contributed by atoms with E-state index < -0.39 is 0 Å². The summed E-state index contributed by atoms with van der Waals surface area (Å²) in [5.74, 6) is 0. The largest absolute Gasteiger partial charge is 0.313 e. The Labute approximate surface area is 105 Å². The van der Waals surface area contributed by atoms with Gasteiger partial charge in [-0.3, -0.25) is 4.90 Å². The van der Waals surface area contributed by atoms with Crippen LogP contribution in [0.1, 0.15) is 31.4 Å². The third-order valence-corrected chi connectivity index (χ3v) is 3.82. The highest BCUT2D eigenvalue weighted by Gasteiger charge is 2.20. The predicted molar refractivity (Wildman–Crippen MR) is 73.1 cm³/mol. The summed E-state index contributed by atoms with van der Waals surface area (Å²) in [7, 11) is 0. The van der Waals surface area contributed by atoms with Gasteiger partial charge in [0.1, 0.15) is 0 Å². The Morgan fingerprint density at radius 1 is 1.29 bits per heavy atom. The zero-order valence-electron chi connectivity index (χ0n) is 11.2. The van der Waals surface area contributed by atoms with Gasteiger partial charge in [-0.1, -0.05) is 24.3 Å². The normalized spacial score (nSPS) is 26.8. The molecule has 1 N–H and O–H groups in total. The summed E-state index contributed by atoms with van der Waals surface area (Å²) >= 11 is 0. The van der Waals surface area contributed by atoms with Gasteiger partial charge in [-0.2, -0.15) is 0 Å². The van der Waals surface area contributed by atoms with Gasteiger partial charge >= 0.3 is 0 Å². The monoisotopic (exact) mass is 232 g/mol. The van der Waals surface area contributed by atoms with Crippen molar-refractivity contribution < 1.29 is 0 Å². The van der Waals surface area contributed by atoms with Gasteiger partial charge in [0.05, 0.1) is 0 Å². The first-order chi connectivity index (χ1) is 8.16. The highest BCUT2D eigenvalue weighted by molar-refractivity contribution is 5.25. The lowest BCUT2D eigenvalue weighted by atomic mass is 10.1. The van der Waals surface area contributed by atoms with E-state index in [1.54, 1.807) is 0 Å². The number of hydrogen-bond acceptors (Lipinski definition) is 2. The van der Waals surface area contributed by atoms with Crippen LogP contribution in [0.4, 0.5) is 0 Å². The maximum absolute atomic E-state index is 3.56. The molecular weight excluding hydrogens is 208 g/mol. The highest BCUT2D eigenvalue weighted by Crippen LogP contribution is 2.16. The van der Waals surface area contributed by atoms with Gasteiger partial charge in [0, 0.05) is 25.2 Å². The Morgan fingerprint density at radius 3 is 2.82 bits per heavy atom. The second-order valence-corrected chi connectivity index (χ2v) is 5.35. The lowest BCUT2D eigenvalue weighted by Gasteiger charge is -2.28. The van der Waals surface area contributed by atoms with Crippen LogP contribution in [-0.4, -0.2) is 30.1 Å². The molecule has 1 aromatic carbocycles. The van der Waals surface area contributed by atoms with E-state index in [1.165, 1.54) is 17.5 Å². The van der Waals surface area contributed by atoms with Crippen molar-refractivity contribution in [2.75, 3.05) is 13.1 Å². The lowest BCUT2D eigenvalue weighted by molar-refractivity contribution is 0.198. The molecule has 1 heterocycles. The van der Waals surface area contributed by atoms with E-state index in [9.17, 15) is 0 Å². The fraction of sp³-hybridized carbons (Fsp3) is 0.600. The third kappa shape index (κ3) is 3.30. The first kappa shape index (κ1) is 12.6. The maximum atomic E-state index is 3.56. The topological polar surface area (TPSA) is 15.3 Å². The molecule has 2 unspecified atom stereocenters. The van der Waals surface area contributed by atoms with Crippen LogP contribution in [0.2, 0.25) is 0 Å². The van der Waals surface area contributed by atoms with Gasteiger partial charge in [-0.15, -0.1) is 0 Å². The summed E-state index contributed by atoms with van der Waals surface area (Å²) in [6, 6.07) is 10.0. The van der Waals surface area contributed by atoms with Gasteiger partial charge in [0.15, 0.2) is 0 Å². The summed E-state index contributed by atoms with van der Waals surface area (Å²) < 4.78 is 0. The summed E-state index contributed by atoms with van der Waals surface area (Å²) in [6.07, 6.45) is 1.25. The van der Waals surface area contributed by atoms with Crippen molar-refractivity contribution in [1.82, 2.24) is 10.2 Å². The number of nitrogens with one attached hydrogen (secondary N) is 1. The smallest absolute Gasteiger partial charge is 0.0239 e. The molecule has 1 saturated heterocycles. The molecule has 1 aliphatic rings. The zero-order chi connectivity index (χ0) is 12.3. The van der Waals surface area contributed by atoms with Crippen LogP contribution in [0.3, 0.4) is 0 Å². The fourth-order valence-electron chi connectivity index (χ4n) is 2.54. The van der Waals surface area contributed by atoms with Crippen LogP contribution in [0.5, 0.6) is 0 Å². The lowest BCUT2D eigenvalue weighted by Crippen LogP contribution is -2.38. The van der Waals surface area contributed by atoms with Crippen molar-refractivity contribution in [3.63, 3.8) is 0 Å². The minimum Gasteiger partial charge on any atom is -0.313 e. The van der Waals surface area contributed by atoms with Crippen LogP contribution >= 0.6 is 0 Å². The molecule has 2 heteroatoms. The van der Waals surface area contributed by atoms with Crippen LogP contribution in [0.25, 0.3) is 0 Å². The molecule has 0 radical (unpaired) electrons. The van der Waals surface area contributed by atoms with Crippen molar-refractivity contribution in [3.05, 3.63) is 35.4 Å². The van der Waals surface area contributed by atoms with Gasteiger partial charge in [-0.05, 0) is 44.9 Å². The standard InChI is InChI=1S/C15H24N2/c1-12-6-4-5-7-15(12)11-17-10-13(2)16-9-8-14(17)3/h4-7,13-14,16H,8-11H2,1-3H3. The van der Waals surface area contributed by atoms with Crippen molar-refractivity contribution in [2.24, 2.45) is 0 Å². The van der Waals surface area contributed by atoms with E-state index in [1.807, 2.05) is 0 Å². The average Bonchev–Trinajstić information content (AvgIpc) is 2.45. The van der Waals surface area contributed by atoms with Crippen molar-refractivity contribution >= 4 is 0 Å². The summed E-state index contributed by atoms with van der Waals surface area (Å²) in [5.41, 5.74) is 2.87. The summed E-state index contributed by atoms with van der Waals surface area (Å²) in [5, 5.41) is 3.56. The van der Waals surface area contributed by atoms with Crippen molar-refractivity contribution in [2.45, 2.75) is 45.8 Å². The maximum Gasteiger partial charge on any atom is 0.0239 e. The molecule has 17 heavy (non-hydrogen) atoms. The Balaban J connectivity index is 2.08. The second-order valence-electron chi connectivity index (χ2n) is 5.35. The van der Waals surface area contributed by atoms with Crippen molar-refractivity contribution in [3.8, 4) is 0 Å². The number of aryl methyl sites for hydroxylation is 1. The van der Waals surface area contributed by atoms with Crippen molar-refractivity contribution in [1.29, 1.82) is 0 Å². The average molecular weight is 232 g/mol. The number of rotatable bonds is 2. The number of benzene rings is 1. The number of nitrogens with zero attached hydrogens (tertiary/aromatic N) is 1. The quantitative estimate of drug-likeness (QED) is 0.843. The van der Waals surface area contributed by atoms with E-state index >= 15 is 0 Å². The van der Waals surface area contributed by atoms with E-state index in [-0.39, 0.29) is 0 Å². The van der Waals surface area contributed by atoms with Gasteiger partial charge in [0.2, 0.25) is 0 Å².